The Morgan fingerprint density at radius 1 is 1.18 bits per heavy atom. The molecule has 2 nitrogen and oxygen atoms in total. The predicted octanol–water partition coefficient (Wildman–Crippen LogP) is 3.75. The molecule has 2 rings (SSSR count). The van der Waals surface area contributed by atoms with Crippen molar-refractivity contribution in [3.05, 3.63) is 29.8 Å². The van der Waals surface area contributed by atoms with Crippen LogP contribution in [0.2, 0.25) is 0 Å². The second-order valence-corrected chi connectivity index (χ2v) is 5.25. The molecule has 0 radical (unpaired) electrons. The summed E-state index contributed by atoms with van der Waals surface area (Å²) in [6.07, 6.45) is 2.28. The molecular weight excluding hydrogens is 212 g/mol. The lowest BCUT2D eigenvalue weighted by atomic mass is 9.95. The van der Waals surface area contributed by atoms with Crippen molar-refractivity contribution in [3.8, 4) is 5.75 Å². The van der Waals surface area contributed by atoms with Crippen molar-refractivity contribution in [1.29, 1.82) is 0 Å². The third-order valence-corrected chi connectivity index (χ3v) is 3.24. The van der Waals surface area contributed by atoms with Gasteiger partial charge in [0.25, 0.3) is 0 Å². The second kappa shape index (κ2) is 5.09. The van der Waals surface area contributed by atoms with Crippen molar-refractivity contribution in [2.45, 2.75) is 58.3 Å². The van der Waals surface area contributed by atoms with Crippen molar-refractivity contribution in [2.75, 3.05) is 0 Å². The van der Waals surface area contributed by atoms with Crippen LogP contribution in [0, 0.1) is 0 Å². The summed E-state index contributed by atoms with van der Waals surface area (Å²) in [5.74, 6) is 1.50. The van der Waals surface area contributed by atoms with Gasteiger partial charge in [-0.05, 0) is 50.8 Å². The highest BCUT2D eigenvalue weighted by molar-refractivity contribution is 5.29. The molecule has 2 heteroatoms. The number of benzene rings is 1. The van der Waals surface area contributed by atoms with Crippen molar-refractivity contribution < 1.29 is 9.47 Å². The van der Waals surface area contributed by atoms with E-state index in [4.69, 9.17) is 9.47 Å². The largest absolute Gasteiger partial charge is 0.491 e. The quantitative estimate of drug-likeness (QED) is 0.724. The van der Waals surface area contributed by atoms with E-state index >= 15 is 0 Å². The van der Waals surface area contributed by atoms with Crippen LogP contribution >= 0.6 is 0 Å². The van der Waals surface area contributed by atoms with Crippen LogP contribution < -0.4 is 4.74 Å². The minimum Gasteiger partial charge on any atom is -0.491 e. The zero-order chi connectivity index (χ0) is 12.4. The van der Waals surface area contributed by atoms with Gasteiger partial charge in [0.05, 0.1) is 18.3 Å². The monoisotopic (exact) mass is 234 g/mol. The zero-order valence-electron chi connectivity index (χ0n) is 11.1. The molecule has 1 aromatic rings. The zero-order valence-corrected chi connectivity index (χ0v) is 11.1. The SMILES string of the molecule is CC(C)Oc1ccc(C(C)CC2OC2C)cc1. The molecule has 1 aliphatic rings. The number of ether oxygens (including phenoxy) is 2. The first-order chi connectivity index (χ1) is 8.06. The van der Waals surface area contributed by atoms with Gasteiger partial charge in [-0.15, -0.1) is 0 Å². The summed E-state index contributed by atoms with van der Waals surface area (Å²) >= 11 is 0. The van der Waals surface area contributed by atoms with Crippen molar-refractivity contribution in [3.63, 3.8) is 0 Å². The molecule has 94 valence electrons. The molecule has 0 amide bonds. The standard InChI is InChI=1S/C15H22O2/c1-10(2)16-14-7-5-13(6-8-14)11(3)9-15-12(4)17-15/h5-8,10-12,15H,9H2,1-4H3. The Labute approximate surface area is 104 Å². The first-order valence-corrected chi connectivity index (χ1v) is 6.48. The van der Waals surface area contributed by atoms with Crippen molar-refractivity contribution in [1.82, 2.24) is 0 Å². The maximum atomic E-state index is 5.63. The van der Waals surface area contributed by atoms with Gasteiger partial charge < -0.3 is 9.47 Å². The summed E-state index contributed by atoms with van der Waals surface area (Å²) in [6, 6.07) is 8.44. The van der Waals surface area contributed by atoms with Crippen molar-refractivity contribution >= 4 is 0 Å². The average molecular weight is 234 g/mol. The molecule has 0 spiro atoms. The topological polar surface area (TPSA) is 21.8 Å². The van der Waals surface area contributed by atoms with E-state index < -0.39 is 0 Å². The Morgan fingerprint density at radius 2 is 1.76 bits per heavy atom. The molecule has 0 N–H and O–H groups in total. The van der Waals surface area contributed by atoms with Gasteiger partial charge in [-0.25, -0.2) is 0 Å². The Morgan fingerprint density at radius 3 is 2.24 bits per heavy atom. The third-order valence-electron chi connectivity index (χ3n) is 3.24. The Hall–Kier alpha value is -1.02. The normalized spacial score (nSPS) is 24.8. The summed E-state index contributed by atoms with van der Waals surface area (Å²) in [5, 5.41) is 0. The fraction of sp³-hybridized carbons (Fsp3) is 0.600. The molecule has 0 aliphatic carbocycles. The summed E-state index contributed by atoms with van der Waals surface area (Å²) < 4.78 is 11.1. The lowest BCUT2D eigenvalue weighted by Crippen LogP contribution is -2.05. The molecule has 0 aromatic heterocycles. The third kappa shape index (κ3) is 3.47. The van der Waals surface area contributed by atoms with Gasteiger partial charge in [0.1, 0.15) is 5.75 Å². The fourth-order valence-corrected chi connectivity index (χ4v) is 2.11. The van der Waals surface area contributed by atoms with Crippen LogP contribution in [0.15, 0.2) is 24.3 Å². The molecule has 1 aliphatic heterocycles. The van der Waals surface area contributed by atoms with Gasteiger partial charge in [0.15, 0.2) is 0 Å². The van der Waals surface area contributed by atoms with E-state index in [0.717, 1.165) is 12.2 Å². The molecule has 0 bridgehead atoms. The van der Waals surface area contributed by atoms with E-state index in [1.54, 1.807) is 0 Å². The van der Waals surface area contributed by atoms with E-state index in [2.05, 4.69) is 38.1 Å². The Bertz CT molecular complexity index is 356. The number of hydrogen-bond donors (Lipinski definition) is 0. The van der Waals surface area contributed by atoms with Crippen LogP contribution in [0.3, 0.4) is 0 Å². The molecule has 1 saturated heterocycles. The molecule has 1 aromatic carbocycles. The van der Waals surface area contributed by atoms with Crippen molar-refractivity contribution in [2.24, 2.45) is 0 Å². The maximum Gasteiger partial charge on any atom is 0.119 e. The molecule has 0 saturated carbocycles. The molecular formula is C15H22O2. The summed E-state index contributed by atoms with van der Waals surface area (Å²) in [6.45, 7) is 8.48. The average Bonchev–Trinajstić information content (AvgIpc) is 2.94. The first kappa shape index (κ1) is 12.4. The minimum atomic E-state index is 0.235. The predicted molar refractivity (Wildman–Crippen MR) is 69.6 cm³/mol. The smallest absolute Gasteiger partial charge is 0.119 e. The first-order valence-electron chi connectivity index (χ1n) is 6.48. The maximum absolute atomic E-state index is 5.63. The number of epoxide rings is 1. The van der Waals surface area contributed by atoms with E-state index in [0.29, 0.717) is 18.1 Å². The van der Waals surface area contributed by atoms with Crippen LogP contribution in [-0.4, -0.2) is 18.3 Å². The van der Waals surface area contributed by atoms with Gasteiger partial charge in [0.2, 0.25) is 0 Å². The molecule has 1 fully saturated rings. The lowest BCUT2D eigenvalue weighted by molar-refractivity contribution is 0.242. The minimum absolute atomic E-state index is 0.235. The molecule has 1 heterocycles. The highest BCUT2D eigenvalue weighted by atomic mass is 16.6. The number of rotatable bonds is 5. The van der Waals surface area contributed by atoms with Gasteiger partial charge in [-0.2, -0.15) is 0 Å². The van der Waals surface area contributed by atoms with Crippen LogP contribution in [0.1, 0.15) is 45.6 Å². The lowest BCUT2D eigenvalue weighted by Gasteiger charge is -2.13. The van der Waals surface area contributed by atoms with E-state index in [9.17, 15) is 0 Å². The summed E-state index contributed by atoms with van der Waals surface area (Å²) in [7, 11) is 0. The second-order valence-electron chi connectivity index (χ2n) is 5.25. The Balaban J connectivity index is 1.92. The van der Waals surface area contributed by atoms with Crippen LogP contribution in [0.5, 0.6) is 5.75 Å². The Kier molecular flexibility index (Phi) is 3.72. The van der Waals surface area contributed by atoms with Gasteiger partial charge >= 0.3 is 0 Å². The van der Waals surface area contributed by atoms with E-state index in [1.165, 1.54) is 5.56 Å². The molecule has 17 heavy (non-hydrogen) atoms. The van der Waals surface area contributed by atoms with E-state index in [-0.39, 0.29) is 6.10 Å². The van der Waals surface area contributed by atoms with E-state index in [1.807, 2.05) is 13.8 Å². The summed E-state index contributed by atoms with van der Waals surface area (Å²) in [5.41, 5.74) is 1.36. The number of hydrogen-bond acceptors (Lipinski definition) is 2. The summed E-state index contributed by atoms with van der Waals surface area (Å²) in [4.78, 5) is 0. The molecule has 3 unspecified atom stereocenters. The molecule has 3 atom stereocenters. The van der Waals surface area contributed by atoms with Crippen LogP contribution in [-0.2, 0) is 4.74 Å². The van der Waals surface area contributed by atoms with Crippen LogP contribution in [0.4, 0.5) is 0 Å². The van der Waals surface area contributed by atoms with Gasteiger partial charge in [-0.3, -0.25) is 0 Å². The van der Waals surface area contributed by atoms with Gasteiger partial charge in [0, 0.05) is 0 Å². The highest BCUT2D eigenvalue weighted by Crippen LogP contribution is 2.32. The fourth-order valence-electron chi connectivity index (χ4n) is 2.11. The van der Waals surface area contributed by atoms with Gasteiger partial charge in [-0.1, -0.05) is 19.1 Å². The highest BCUT2D eigenvalue weighted by Gasteiger charge is 2.35. The van der Waals surface area contributed by atoms with Crippen LogP contribution in [0.25, 0.3) is 0 Å².